The van der Waals surface area contributed by atoms with Crippen LogP contribution in [0.15, 0.2) is 85.1 Å². The van der Waals surface area contributed by atoms with Crippen molar-refractivity contribution < 1.29 is 9.59 Å². The molecule has 0 aliphatic carbocycles. The first-order chi connectivity index (χ1) is 19.5. The Labute approximate surface area is 236 Å². The molecule has 2 atom stereocenters. The van der Waals surface area contributed by atoms with E-state index in [-0.39, 0.29) is 11.8 Å². The maximum Gasteiger partial charge on any atom is 0.254 e. The van der Waals surface area contributed by atoms with E-state index >= 15 is 0 Å². The molecule has 0 saturated carbocycles. The molecule has 1 fully saturated rings. The van der Waals surface area contributed by atoms with Gasteiger partial charge in [-0.1, -0.05) is 66.7 Å². The van der Waals surface area contributed by atoms with Crippen molar-refractivity contribution in [2.24, 2.45) is 7.05 Å². The molecule has 7 nitrogen and oxygen atoms in total. The summed E-state index contributed by atoms with van der Waals surface area (Å²) in [7, 11) is 3.83. The van der Waals surface area contributed by atoms with Gasteiger partial charge in [0.25, 0.3) is 5.91 Å². The summed E-state index contributed by atoms with van der Waals surface area (Å²) in [6.07, 6.45) is 2.07. The number of rotatable bonds is 7. The third-order valence-electron chi connectivity index (χ3n) is 8.55. The summed E-state index contributed by atoms with van der Waals surface area (Å²) < 4.78 is 2.08. The summed E-state index contributed by atoms with van der Waals surface area (Å²) in [6, 6.07) is 26.0. The van der Waals surface area contributed by atoms with Crippen LogP contribution in [0, 0.1) is 0 Å². The van der Waals surface area contributed by atoms with E-state index in [2.05, 4.69) is 68.3 Å². The first-order valence-corrected chi connectivity index (χ1v) is 14.2. The number of nitrogens with one attached hydrogen (secondary N) is 1. The van der Waals surface area contributed by atoms with Gasteiger partial charge < -0.3 is 14.8 Å². The number of amides is 2. The minimum Gasteiger partial charge on any atom is -0.354 e. The van der Waals surface area contributed by atoms with E-state index in [9.17, 15) is 9.59 Å². The molecule has 40 heavy (non-hydrogen) atoms. The van der Waals surface area contributed by atoms with Gasteiger partial charge in [0, 0.05) is 88.1 Å². The Bertz CT molecular complexity index is 1510. The molecule has 2 unspecified atom stereocenters. The van der Waals surface area contributed by atoms with E-state index < -0.39 is 12.0 Å². The number of fused-ring (bicyclic) bond motifs is 2. The lowest BCUT2D eigenvalue weighted by atomic mass is 9.79. The number of aromatic nitrogens is 1. The molecule has 1 saturated heterocycles. The second-order valence-electron chi connectivity index (χ2n) is 11.0. The quantitative estimate of drug-likeness (QED) is 0.388. The van der Waals surface area contributed by atoms with Gasteiger partial charge in [-0.3, -0.25) is 19.4 Å². The number of piperazine rings is 1. The molecule has 2 aliphatic heterocycles. The van der Waals surface area contributed by atoms with E-state index in [4.69, 9.17) is 0 Å². The summed E-state index contributed by atoms with van der Waals surface area (Å²) in [5.41, 5.74) is 4.84. The van der Waals surface area contributed by atoms with E-state index in [0.29, 0.717) is 12.1 Å². The third kappa shape index (κ3) is 5.03. The molecule has 3 aromatic carbocycles. The van der Waals surface area contributed by atoms with Crippen molar-refractivity contribution in [3.8, 4) is 0 Å². The summed E-state index contributed by atoms with van der Waals surface area (Å²) >= 11 is 0. The second-order valence-corrected chi connectivity index (χ2v) is 11.0. The van der Waals surface area contributed by atoms with Crippen LogP contribution in [-0.2, 0) is 18.4 Å². The minimum absolute atomic E-state index is 0.0348. The minimum atomic E-state index is -0.493. The second kappa shape index (κ2) is 11.3. The number of carbonyl (C=O) groups excluding carboxylic acids is 2. The highest BCUT2D eigenvalue weighted by atomic mass is 16.2. The molecule has 3 heterocycles. The standard InChI is InChI=1S/C33H37N5O2/c1-35-23-28(25-12-8-9-15-29(25)35)31-30(26-13-6-7-14-27(26)33(40)36(31)2)32(39)34-16-17-37-18-20-38(21-19-37)22-24-10-4-3-5-11-24/h3-15,23,30-31H,16-22H2,1-2H3,(H,34,39). The summed E-state index contributed by atoms with van der Waals surface area (Å²) in [4.78, 5) is 34.1. The smallest absolute Gasteiger partial charge is 0.254 e. The van der Waals surface area contributed by atoms with Crippen molar-refractivity contribution in [1.29, 1.82) is 0 Å². The zero-order valence-electron chi connectivity index (χ0n) is 23.3. The normalized spacial score (nSPS) is 20.1. The largest absolute Gasteiger partial charge is 0.354 e. The van der Waals surface area contributed by atoms with Gasteiger partial charge >= 0.3 is 0 Å². The Kier molecular flexibility index (Phi) is 7.41. The molecule has 0 bridgehead atoms. The molecular weight excluding hydrogens is 498 g/mol. The average molecular weight is 536 g/mol. The Morgan fingerprint density at radius 1 is 0.825 bits per heavy atom. The Morgan fingerprint density at radius 3 is 2.30 bits per heavy atom. The van der Waals surface area contributed by atoms with Crippen LogP contribution >= 0.6 is 0 Å². The lowest BCUT2D eigenvalue weighted by Crippen LogP contribution is -2.49. The monoisotopic (exact) mass is 535 g/mol. The molecule has 4 aromatic rings. The maximum absolute atomic E-state index is 14.0. The fourth-order valence-corrected chi connectivity index (χ4v) is 6.41. The van der Waals surface area contributed by atoms with Gasteiger partial charge in [-0.2, -0.15) is 0 Å². The number of hydrogen-bond donors (Lipinski definition) is 1. The molecule has 7 heteroatoms. The van der Waals surface area contributed by atoms with Crippen molar-refractivity contribution >= 4 is 22.7 Å². The number of aryl methyl sites for hydroxylation is 1. The predicted octanol–water partition coefficient (Wildman–Crippen LogP) is 4.02. The predicted molar refractivity (Wildman–Crippen MR) is 158 cm³/mol. The molecule has 2 aliphatic rings. The number of para-hydroxylation sites is 1. The van der Waals surface area contributed by atoms with Crippen molar-refractivity contribution in [2.75, 3.05) is 46.3 Å². The van der Waals surface area contributed by atoms with Crippen molar-refractivity contribution in [3.63, 3.8) is 0 Å². The van der Waals surface area contributed by atoms with Crippen LogP contribution in [0.2, 0.25) is 0 Å². The Morgan fingerprint density at radius 2 is 1.50 bits per heavy atom. The van der Waals surface area contributed by atoms with Crippen LogP contribution in [-0.4, -0.2) is 77.4 Å². The Hall–Kier alpha value is -3.94. The zero-order chi connectivity index (χ0) is 27.6. The van der Waals surface area contributed by atoms with Gasteiger partial charge in [0.05, 0.1) is 12.0 Å². The van der Waals surface area contributed by atoms with Gasteiger partial charge in [0.2, 0.25) is 5.91 Å². The van der Waals surface area contributed by atoms with Crippen molar-refractivity contribution in [2.45, 2.75) is 18.5 Å². The van der Waals surface area contributed by atoms with Crippen LogP contribution in [0.25, 0.3) is 10.9 Å². The van der Waals surface area contributed by atoms with Gasteiger partial charge in [-0.05, 0) is 23.3 Å². The highest BCUT2D eigenvalue weighted by Gasteiger charge is 2.43. The summed E-state index contributed by atoms with van der Waals surface area (Å²) in [6.45, 7) is 6.40. The van der Waals surface area contributed by atoms with Crippen LogP contribution in [0.1, 0.15) is 39.0 Å². The van der Waals surface area contributed by atoms with Crippen LogP contribution in [0.3, 0.4) is 0 Å². The Balaban J connectivity index is 1.16. The number of hydrogen-bond acceptors (Lipinski definition) is 4. The molecule has 1 N–H and O–H groups in total. The van der Waals surface area contributed by atoms with E-state index in [1.807, 2.05) is 50.5 Å². The topological polar surface area (TPSA) is 60.8 Å². The lowest BCUT2D eigenvalue weighted by molar-refractivity contribution is -0.124. The molecule has 2 amide bonds. The first kappa shape index (κ1) is 26.3. The zero-order valence-corrected chi connectivity index (χ0v) is 23.3. The number of carbonyl (C=O) groups is 2. The van der Waals surface area contributed by atoms with Crippen LogP contribution in [0.4, 0.5) is 0 Å². The highest BCUT2D eigenvalue weighted by Crippen LogP contribution is 2.44. The van der Waals surface area contributed by atoms with E-state index in [0.717, 1.165) is 61.3 Å². The molecule has 1 aromatic heterocycles. The summed E-state index contributed by atoms with van der Waals surface area (Å²) in [5, 5.41) is 4.31. The number of benzene rings is 3. The fourth-order valence-electron chi connectivity index (χ4n) is 6.41. The summed E-state index contributed by atoms with van der Waals surface area (Å²) in [5.74, 6) is -0.578. The third-order valence-corrected chi connectivity index (χ3v) is 8.55. The van der Waals surface area contributed by atoms with Gasteiger partial charge in [-0.25, -0.2) is 0 Å². The van der Waals surface area contributed by atoms with Crippen molar-refractivity contribution in [1.82, 2.24) is 24.6 Å². The number of nitrogens with zero attached hydrogens (tertiary/aromatic N) is 4. The van der Waals surface area contributed by atoms with Gasteiger partial charge in [0.1, 0.15) is 0 Å². The lowest BCUT2D eigenvalue weighted by Gasteiger charge is -2.39. The molecule has 0 radical (unpaired) electrons. The highest BCUT2D eigenvalue weighted by molar-refractivity contribution is 6.02. The SMILES string of the molecule is CN1C(=O)c2ccccc2C(C(=O)NCCN2CCN(Cc3ccccc3)CC2)C1c1cn(C)c2ccccc12. The first-order valence-electron chi connectivity index (χ1n) is 14.2. The van der Waals surface area contributed by atoms with Crippen LogP contribution < -0.4 is 5.32 Å². The average Bonchev–Trinajstić information content (AvgIpc) is 3.32. The number of likely N-dealkylation sites (N-methyl/N-ethyl adjacent to an activating group) is 1. The molecular formula is C33H37N5O2. The fraction of sp³-hybridized carbons (Fsp3) is 0.333. The van der Waals surface area contributed by atoms with Crippen LogP contribution in [0.5, 0.6) is 0 Å². The molecule has 6 rings (SSSR count). The van der Waals surface area contributed by atoms with E-state index in [1.165, 1.54) is 5.56 Å². The molecule has 0 spiro atoms. The maximum atomic E-state index is 14.0. The van der Waals surface area contributed by atoms with Gasteiger partial charge in [0.15, 0.2) is 0 Å². The van der Waals surface area contributed by atoms with Crippen molar-refractivity contribution in [3.05, 3.63) is 107 Å². The van der Waals surface area contributed by atoms with E-state index in [1.54, 1.807) is 4.90 Å². The van der Waals surface area contributed by atoms with Gasteiger partial charge in [-0.15, -0.1) is 0 Å². The molecule has 206 valence electrons.